The van der Waals surface area contributed by atoms with Crippen molar-refractivity contribution >= 4 is 11.6 Å². The number of benzene rings is 1. The number of aromatic nitrogens is 2. The van der Waals surface area contributed by atoms with E-state index in [-0.39, 0.29) is 11.9 Å². The highest BCUT2D eigenvalue weighted by Crippen LogP contribution is 2.22. The molecule has 2 aromatic rings. The Kier molecular flexibility index (Phi) is 5.03. The van der Waals surface area contributed by atoms with Gasteiger partial charge in [-0.25, -0.2) is 0 Å². The van der Waals surface area contributed by atoms with Gasteiger partial charge in [0.15, 0.2) is 5.82 Å². The highest BCUT2D eigenvalue weighted by atomic mass is 16.5. The van der Waals surface area contributed by atoms with E-state index in [1.165, 1.54) is 0 Å². The van der Waals surface area contributed by atoms with Crippen LogP contribution in [-0.4, -0.2) is 52.0 Å². The monoisotopic (exact) mass is 343 g/mol. The lowest BCUT2D eigenvalue weighted by Crippen LogP contribution is -2.49. The van der Waals surface area contributed by atoms with Crippen molar-refractivity contribution in [2.45, 2.75) is 33.2 Å². The highest BCUT2D eigenvalue weighted by molar-refractivity contribution is 5.96. The molecule has 2 heterocycles. The van der Waals surface area contributed by atoms with E-state index in [1.54, 1.807) is 6.07 Å². The lowest BCUT2D eigenvalue weighted by molar-refractivity contribution is 0.0551. The summed E-state index contributed by atoms with van der Waals surface area (Å²) in [6.45, 7) is 8.90. The number of amides is 1. The maximum Gasteiger partial charge on any atom is 0.254 e. The van der Waals surface area contributed by atoms with Crippen molar-refractivity contribution in [3.05, 3.63) is 41.0 Å². The molecule has 1 aliphatic heterocycles. The van der Waals surface area contributed by atoms with Crippen molar-refractivity contribution in [2.75, 3.05) is 31.9 Å². The van der Waals surface area contributed by atoms with Gasteiger partial charge in [0, 0.05) is 43.9 Å². The first-order valence-electron chi connectivity index (χ1n) is 8.71. The van der Waals surface area contributed by atoms with Crippen molar-refractivity contribution in [2.24, 2.45) is 0 Å². The number of anilines is 1. The summed E-state index contributed by atoms with van der Waals surface area (Å²) in [6, 6.07) is 5.53. The van der Waals surface area contributed by atoms with Gasteiger partial charge in [0.1, 0.15) is 0 Å². The molecule has 1 atom stereocenters. The van der Waals surface area contributed by atoms with Crippen molar-refractivity contribution in [1.82, 2.24) is 19.9 Å². The van der Waals surface area contributed by atoms with Gasteiger partial charge in [-0.15, -0.1) is 0 Å². The molecular weight excluding hydrogens is 318 g/mol. The maximum absolute atomic E-state index is 12.8. The van der Waals surface area contributed by atoms with Crippen LogP contribution in [0.4, 0.5) is 5.69 Å². The van der Waals surface area contributed by atoms with Crippen LogP contribution in [0.1, 0.15) is 47.5 Å². The molecule has 3 rings (SSSR count). The average molecular weight is 343 g/mol. The Hall–Kier alpha value is -2.41. The number of nitrogens with zero attached hydrogens (tertiary/aromatic N) is 4. The normalized spacial score (nSPS) is 16.8. The molecule has 134 valence electrons. The second-order valence-corrected chi connectivity index (χ2v) is 6.48. The lowest BCUT2D eigenvalue weighted by Gasteiger charge is -2.37. The fourth-order valence-electron chi connectivity index (χ4n) is 3.09. The molecule has 25 heavy (non-hydrogen) atoms. The zero-order valence-corrected chi connectivity index (χ0v) is 15.0. The molecule has 0 spiro atoms. The quantitative estimate of drug-likeness (QED) is 0.855. The van der Waals surface area contributed by atoms with Crippen molar-refractivity contribution < 1.29 is 9.32 Å². The molecule has 1 aromatic heterocycles. The molecule has 0 radical (unpaired) electrons. The van der Waals surface area contributed by atoms with E-state index < -0.39 is 0 Å². The molecule has 0 bridgehead atoms. The molecule has 1 amide bonds. The van der Waals surface area contributed by atoms with Crippen LogP contribution in [0, 0.1) is 6.92 Å². The fourth-order valence-corrected chi connectivity index (χ4v) is 3.09. The van der Waals surface area contributed by atoms with Gasteiger partial charge in [0.25, 0.3) is 5.91 Å². The molecule has 1 unspecified atom stereocenters. The van der Waals surface area contributed by atoms with Crippen LogP contribution in [0.3, 0.4) is 0 Å². The standard InChI is InChI=1S/C18H25N5O2/c1-4-16-20-17(25-21-16)13(3)22-7-9-23(10-8-22)18(24)15-11-14(19)6-5-12(15)2/h5-6,11,13H,4,7-10,19H2,1-3H3. The molecule has 1 fully saturated rings. The third kappa shape index (κ3) is 3.66. The van der Waals surface area contributed by atoms with Crippen LogP contribution in [0.25, 0.3) is 0 Å². The summed E-state index contributed by atoms with van der Waals surface area (Å²) >= 11 is 0. The van der Waals surface area contributed by atoms with E-state index in [0.717, 1.165) is 30.9 Å². The number of hydrogen-bond donors (Lipinski definition) is 1. The van der Waals surface area contributed by atoms with Gasteiger partial charge in [-0.05, 0) is 31.5 Å². The van der Waals surface area contributed by atoms with Crippen LogP contribution in [0.15, 0.2) is 22.7 Å². The summed E-state index contributed by atoms with van der Waals surface area (Å²) in [6.07, 6.45) is 0.762. The van der Waals surface area contributed by atoms with Crippen LogP contribution < -0.4 is 5.73 Å². The fraction of sp³-hybridized carbons (Fsp3) is 0.500. The van der Waals surface area contributed by atoms with Crippen molar-refractivity contribution in [3.63, 3.8) is 0 Å². The zero-order valence-electron chi connectivity index (χ0n) is 15.0. The first-order chi connectivity index (χ1) is 12.0. The summed E-state index contributed by atoms with van der Waals surface area (Å²) in [5.74, 6) is 1.42. The average Bonchev–Trinajstić information content (AvgIpc) is 3.12. The summed E-state index contributed by atoms with van der Waals surface area (Å²) in [7, 11) is 0. The largest absolute Gasteiger partial charge is 0.399 e. The van der Waals surface area contributed by atoms with Crippen molar-refractivity contribution in [3.8, 4) is 0 Å². The van der Waals surface area contributed by atoms with E-state index in [9.17, 15) is 4.79 Å². The Morgan fingerprint density at radius 1 is 1.32 bits per heavy atom. The minimum atomic E-state index is 0.0446. The SMILES string of the molecule is CCc1noc(C(C)N2CCN(C(=O)c3cc(N)ccc3C)CC2)n1. The van der Waals surface area contributed by atoms with E-state index in [1.807, 2.05) is 30.9 Å². The number of piperazine rings is 1. The Bertz CT molecular complexity index is 750. The molecular formula is C18H25N5O2. The molecule has 1 saturated heterocycles. The van der Waals surface area contributed by atoms with E-state index >= 15 is 0 Å². The number of aryl methyl sites for hydroxylation is 2. The minimum absolute atomic E-state index is 0.0446. The number of nitrogen functional groups attached to an aromatic ring is 1. The van der Waals surface area contributed by atoms with E-state index in [2.05, 4.69) is 22.0 Å². The smallest absolute Gasteiger partial charge is 0.254 e. The van der Waals surface area contributed by atoms with Crippen LogP contribution in [-0.2, 0) is 6.42 Å². The highest BCUT2D eigenvalue weighted by Gasteiger charge is 2.28. The Morgan fingerprint density at radius 2 is 2.04 bits per heavy atom. The predicted molar refractivity (Wildman–Crippen MR) is 95.2 cm³/mol. The number of rotatable bonds is 4. The van der Waals surface area contributed by atoms with E-state index in [4.69, 9.17) is 10.3 Å². The van der Waals surface area contributed by atoms with Crippen LogP contribution in [0.2, 0.25) is 0 Å². The summed E-state index contributed by atoms with van der Waals surface area (Å²) in [4.78, 5) is 21.3. The molecule has 2 N–H and O–H groups in total. The molecule has 7 nitrogen and oxygen atoms in total. The molecule has 1 aromatic carbocycles. The number of nitrogens with two attached hydrogens (primary N) is 1. The predicted octanol–water partition coefficient (Wildman–Crippen LogP) is 2.04. The molecule has 1 aliphatic rings. The maximum atomic E-state index is 12.8. The zero-order chi connectivity index (χ0) is 18.0. The Morgan fingerprint density at radius 3 is 2.68 bits per heavy atom. The second kappa shape index (κ2) is 7.23. The second-order valence-electron chi connectivity index (χ2n) is 6.48. The number of hydrogen-bond acceptors (Lipinski definition) is 6. The number of carbonyl (C=O) groups excluding carboxylic acids is 1. The Balaban J connectivity index is 1.63. The Labute approximate surface area is 147 Å². The third-order valence-electron chi connectivity index (χ3n) is 4.80. The van der Waals surface area contributed by atoms with Gasteiger partial charge in [0.2, 0.25) is 5.89 Å². The summed E-state index contributed by atoms with van der Waals surface area (Å²) < 4.78 is 5.35. The van der Waals surface area contributed by atoms with Gasteiger partial charge >= 0.3 is 0 Å². The molecule has 7 heteroatoms. The minimum Gasteiger partial charge on any atom is -0.399 e. The first-order valence-corrected chi connectivity index (χ1v) is 8.71. The summed E-state index contributed by atoms with van der Waals surface area (Å²) in [5, 5.41) is 3.96. The molecule has 0 aliphatic carbocycles. The van der Waals surface area contributed by atoms with Crippen molar-refractivity contribution in [1.29, 1.82) is 0 Å². The van der Waals surface area contributed by atoms with Gasteiger partial charge in [-0.3, -0.25) is 9.69 Å². The summed E-state index contributed by atoms with van der Waals surface area (Å²) in [5.41, 5.74) is 8.09. The first kappa shape index (κ1) is 17.4. The topological polar surface area (TPSA) is 88.5 Å². The van der Waals surface area contributed by atoms with Gasteiger partial charge in [-0.2, -0.15) is 4.98 Å². The van der Waals surface area contributed by atoms with Gasteiger partial charge in [-0.1, -0.05) is 18.1 Å². The van der Waals surface area contributed by atoms with Crippen LogP contribution in [0.5, 0.6) is 0 Å². The van der Waals surface area contributed by atoms with E-state index in [0.29, 0.717) is 30.2 Å². The molecule has 0 saturated carbocycles. The lowest BCUT2D eigenvalue weighted by atomic mass is 10.1. The van der Waals surface area contributed by atoms with Crippen LogP contribution >= 0.6 is 0 Å². The van der Waals surface area contributed by atoms with Gasteiger partial charge in [0.05, 0.1) is 6.04 Å². The number of carbonyl (C=O) groups is 1. The van der Waals surface area contributed by atoms with Gasteiger partial charge < -0.3 is 15.2 Å². The third-order valence-corrected chi connectivity index (χ3v) is 4.80.